The minimum atomic E-state index is 0.249. The maximum Gasteiger partial charge on any atom is 0.139 e. The molecule has 100 valence electrons. The van der Waals surface area contributed by atoms with Crippen molar-refractivity contribution in [2.24, 2.45) is 0 Å². The van der Waals surface area contributed by atoms with Crippen LogP contribution in [0.1, 0.15) is 0 Å². The van der Waals surface area contributed by atoms with Gasteiger partial charge in [-0.3, -0.25) is 0 Å². The summed E-state index contributed by atoms with van der Waals surface area (Å²) in [5.41, 5.74) is 1.87. The highest BCUT2D eigenvalue weighted by atomic mass is 16.6. The maximum absolute atomic E-state index is 5.91. The van der Waals surface area contributed by atoms with Crippen LogP contribution in [-0.2, 0) is 4.74 Å². The third-order valence-corrected chi connectivity index (χ3v) is 3.41. The van der Waals surface area contributed by atoms with Gasteiger partial charge in [0.2, 0.25) is 0 Å². The molecule has 0 N–H and O–H groups in total. The molecule has 0 amide bonds. The van der Waals surface area contributed by atoms with E-state index in [4.69, 9.17) is 13.9 Å². The largest absolute Gasteiger partial charge is 0.490 e. The van der Waals surface area contributed by atoms with Gasteiger partial charge in [-0.15, -0.1) is 0 Å². The fourth-order valence-corrected chi connectivity index (χ4v) is 2.26. The summed E-state index contributed by atoms with van der Waals surface area (Å²) in [6.45, 7) is 1.39. The quantitative estimate of drug-likeness (QED) is 0.672. The first-order chi connectivity index (χ1) is 9.90. The van der Waals surface area contributed by atoms with E-state index in [9.17, 15) is 0 Å². The van der Waals surface area contributed by atoms with E-state index in [0.717, 1.165) is 34.6 Å². The van der Waals surface area contributed by atoms with E-state index in [1.165, 1.54) is 0 Å². The average Bonchev–Trinajstić information content (AvgIpc) is 3.22. The van der Waals surface area contributed by atoms with E-state index in [1.54, 1.807) is 0 Å². The van der Waals surface area contributed by atoms with Crippen LogP contribution in [0.5, 0.6) is 5.75 Å². The third kappa shape index (κ3) is 2.17. The molecule has 0 aliphatic carbocycles. The van der Waals surface area contributed by atoms with Crippen molar-refractivity contribution in [2.75, 3.05) is 13.2 Å². The molecular formula is C17H14O3. The Morgan fingerprint density at radius 1 is 1.05 bits per heavy atom. The summed E-state index contributed by atoms with van der Waals surface area (Å²) in [4.78, 5) is 0. The Morgan fingerprint density at radius 2 is 1.85 bits per heavy atom. The normalized spacial score (nSPS) is 17.3. The van der Waals surface area contributed by atoms with E-state index in [-0.39, 0.29) is 6.10 Å². The molecule has 3 heteroatoms. The van der Waals surface area contributed by atoms with Crippen molar-refractivity contribution in [1.29, 1.82) is 0 Å². The number of hydrogen-bond acceptors (Lipinski definition) is 3. The fraction of sp³-hybridized carbons (Fsp3) is 0.176. The van der Waals surface area contributed by atoms with Gasteiger partial charge in [0.05, 0.1) is 12.2 Å². The average molecular weight is 266 g/mol. The van der Waals surface area contributed by atoms with Gasteiger partial charge in [0.1, 0.15) is 29.8 Å². The van der Waals surface area contributed by atoms with Crippen LogP contribution in [0.15, 0.2) is 59.0 Å². The first-order valence-electron chi connectivity index (χ1n) is 6.72. The lowest BCUT2D eigenvalue weighted by molar-refractivity contribution is 0.263. The number of hydrogen-bond donors (Lipinski definition) is 0. The molecule has 2 heterocycles. The molecule has 1 atom stereocenters. The Labute approximate surface area is 116 Å². The number of fused-ring (bicyclic) bond motifs is 1. The van der Waals surface area contributed by atoms with Crippen LogP contribution >= 0.6 is 0 Å². The molecule has 2 aromatic carbocycles. The molecule has 0 radical (unpaired) electrons. The number of epoxide rings is 1. The van der Waals surface area contributed by atoms with E-state index in [0.29, 0.717) is 6.61 Å². The molecule has 0 spiro atoms. The van der Waals surface area contributed by atoms with Gasteiger partial charge in [0.15, 0.2) is 0 Å². The molecule has 0 saturated carbocycles. The maximum atomic E-state index is 5.91. The van der Waals surface area contributed by atoms with Crippen molar-refractivity contribution < 1.29 is 13.9 Å². The molecule has 1 aliphatic heterocycles. The Hall–Kier alpha value is -2.26. The molecule has 1 fully saturated rings. The second-order valence-corrected chi connectivity index (χ2v) is 4.91. The second kappa shape index (κ2) is 4.69. The predicted octanol–water partition coefficient (Wildman–Crippen LogP) is 3.88. The zero-order valence-corrected chi connectivity index (χ0v) is 10.9. The van der Waals surface area contributed by atoms with E-state index < -0.39 is 0 Å². The number of furan rings is 1. The standard InChI is InChI=1S/C17H14O3/c1-3-7-15-12(5-1)9-17(20-15)14-6-2-4-8-16(14)19-11-13-10-18-13/h1-9,13H,10-11H2. The van der Waals surface area contributed by atoms with Crippen LogP contribution in [0.25, 0.3) is 22.3 Å². The Morgan fingerprint density at radius 3 is 2.70 bits per heavy atom. The van der Waals surface area contributed by atoms with Crippen LogP contribution in [0, 0.1) is 0 Å². The summed E-state index contributed by atoms with van der Waals surface area (Å²) in [6, 6.07) is 18.0. The minimum Gasteiger partial charge on any atom is -0.490 e. The molecule has 1 aliphatic rings. The molecule has 1 aromatic heterocycles. The summed E-state index contributed by atoms with van der Waals surface area (Å²) < 4.78 is 16.9. The second-order valence-electron chi connectivity index (χ2n) is 4.91. The third-order valence-electron chi connectivity index (χ3n) is 3.41. The molecular weight excluding hydrogens is 252 g/mol. The number of ether oxygens (including phenoxy) is 2. The number of rotatable bonds is 4. The van der Waals surface area contributed by atoms with Gasteiger partial charge in [-0.1, -0.05) is 30.3 Å². The highest BCUT2D eigenvalue weighted by molar-refractivity contribution is 5.83. The van der Waals surface area contributed by atoms with E-state index in [2.05, 4.69) is 0 Å². The van der Waals surface area contributed by atoms with Crippen molar-refractivity contribution in [3.8, 4) is 17.1 Å². The van der Waals surface area contributed by atoms with E-state index >= 15 is 0 Å². The van der Waals surface area contributed by atoms with Gasteiger partial charge in [-0.25, -0.2) is 0 Å². The molecule has 1 unspecified atom stereocenters. The number of benzene rings is 2. The molecule has 1 saturated heterocycles. The molecule has 20 heavy (non-hydrogen) atoms. The molecule has 4 rings (SSSR count). The van der Waals surface area contributed by atoms with Gasteiger partial charge in [0, 0.05) is 5.39 Å². The van der Waals surface area contributed by atoms with Gasteiger partial charge >= 0.3 is 0 Å². The van der Waals surface area contributed by atoms with Crippen LogP contribution in [0.2, 0.25) is 0 Å². The summed E-state index contributed by atoms with van der Waals surface area (Å²) >= 11 is 0. The summed E-state index contributed by atoms with van der Waals surface area (Å²) in [5.74, 6) is 1.67. The Balaban J connectivity index is 1.72. The first-order valence-corrected chi connectivity index (χ1v) is 6.72. The van der Waals surface area contributed by atoms with Gasteiger partial charge < -0.3 is 13.9 Å². The van der Waals surface area contributed by atoms with Crippen LogP contribution in [0.3, 0.4) is 0 Å². The smallest absolute Gasteiger partial charge is 0.139 e. The molecule has 3 nitrogen and oxygen atoms in total. The topological polar surface area (TPSA) is 34.9 Å². The zero-order chi connectivity index (χ0) is 13.4. The van der Waals surface area contributed by atoms with Crippen LogP contribution < -0.4 is 4.74 Å². The van der Waals surface area contributed by atoms with Crippen molar-refractivity contribution >= 4 is 11.0 Å². The van der Waals surface area contributed by atoms with Gasteiger partial charge in [-0.05, 0) is 24.3 Å². The van der Waals surface area contributed by atoms with Gasteiger partial charge in [0.25, 0.3) is 0 Å². The lowest BCUT2D eigenvalue weighted by atomic mass is 10.1. The SMILES string of the molecule is c1ccc(-c2cc3ccccc3o2)c(OCC2CO2)c1. The molecule has 3 aromatic rings. The monoisotopic (exact) mass is 266 g/mol. The number of para-hydroxylation sites is 2. The van der Waals surface area contributed by atoms with Crippen molar-refractivity contribution in [3.63, 3.8) is 0 Å². The lowest BCUT2D eigenvalue weighted by Gasteiger charge is -2.08. The van der Waals surface area contributed by atoms with Crippen molar-refractivity contribution in [1.82, 2.24) is 0 Å². The summed E-state index contributed by atoms with van der Waals surface area (Å²) in [6.07, 6.45) is 0.249. The highest BCUT2D eigenvalue weighted by Gasteiger charge is 2.23. The Kier molecular flexibility index (Phi) is 2.71. The van der Waals surface area contributed by atoms with Crippen LogP contribution in [0.4, 0.5) is 0 Å². The minimum absolute atomic E-state index is 0.249. The van der Waals surface area contributed by atoms with Gasteiger partial charge in [-0.2, -0.15) is 0 Å². The van der Waals surface area contributed by atoms with E-state index in [1.807, 2.05) is 54.6 Å². The summed E-state index contributed by atoms with van der Waals surface area (Å²) in [7, 11) is 0. The Bertz CT molecular complexity index is 708. The van der Waals surface area contributed by atoms with Crippen molar-refractivity contribution in [3.05, 3.63) is 54.6 Å². The zero-order valence-electron chi connectivity index (χ0n) is 10.9. The predicted molar refractivity (Wildman–Crippen MR) is 76.9 cm³/mol. The molecule has 0 bridgehead atoms. The highest BCUT2D eigenvalue weighted by Crippen LogP contribution is 2.34. The van der Waals surface area contributed by atoms with Crippen LogP contribution in [-0.4, -0.2) is 19.3 Å². The first kappa shape index (κ1) is 11.6. The lowest BCUT2D eigenvalue weighted by Crippen LogP contribution is -2.04. The summed E-state index contributed by atoms with van der Waals surface area (Å²) in [5, 5.41) is 1.10. The van der Waals surface area contributed by atoms with Crippen molar-refractivity contribution in [2.45, 2.75) is 6.10 Å². The fourth-order valence-electron chi connectivity index (χ4n) is 2.26.